The number of hydrogen-bond acceptors (Lipinski definition) is 4. The van der Waals surface area contributed by atoms with E-state index in [0.717, 1.165) is 16.6 Å². The number of oxazole rings is 1. The molecule has 0 aliphatic carbocycles. The number of amides is 1. The molecule has 5 nitrogen and oxygen atoms in total. The second-order valence-electron chi connectivity index (χ2n) is 7.33. The number of hydrogen-bond donors (Lipinski definition) is 1. The molecule has 1 N–H and O–H groups in total. The van der Waals surface area contributed by atoms with Gasteiger partial charge >= 0.3 is 0 Å². The highest BCUT2D eigenvalue weighted by Crippen LogP contribution is 2.31. The first-order chi connectivity index (χ1) is 14.4. The predicted molar refractivity (Wildman–Crippen MR) is 119 cm³/mol. The van der Waals surface area contributed by atoms with Crippen LogP contribution in [0, 0.1) is 6.92 Å². The molecule has 0 atom stereocenters. The number of fused-ring (bicyclic) bond motifs is 1. The second-order valence-corrected chi connectivity index (χ2v) is 7.74. The molecule has 0 bridgehead atoms. The van der Waals surface area contributed by atoms with E-state index in [-0.39, 0.29) is 12.0 Å². The van der Waals surface area contributed by atoms with E-state index >= 15 is 0 Å². The van der Waals surface area contributed by atoms with Crippen LogP contribution in [0.15, 0.2) is 65.1 Å². The Labute approximate surface area is 179 Å². The van der Waals surface area contributed by atoms with Crippen molar-refractivity contribution in [2.75, 3.05) is 5.32 Å². The van der Waals surface area contributed by atoms with Gasteiger partial charge in [0.25, 0.3) is 5.91 Å². The first-order valence-corrected chi connectivity index (χ1v) is 10.0. The zero-order chi connectivity index (χ0) is 21.3. The lowest BCUT2D eigenvalue weighted by Crippen LogP contribution is -2.13. The smallest absolute Gasteiger partial charge is 0.255 e. The molecule has 0 saturated heterocycles. The van der Waals surface area contributed by atoms with Crippen molar-refractivity contribution in [1.82, 2.24) is 4.98 Å². The van der Waals surface area contributed by atoms with Crippen LogP contribution >= 0.6 is 11.6 Å². The third kappa shape index (κ3) is 4.31. The van der Waals surface area contributed by atoms with Gasteiger partial charge in [-0.15, -0.1) is 0 Å². The average molecular weight is 421 g/mol. The highest BCUT2D eigenvalue weighted by Gasteiger charge is 2.14. The Morgan fingerprint density at radius 1 is 1.10 bits per heavy atom. The number of rotatable bonds is 5. The number of anilines is 1. The van der Waals surface area contributed by atoms with Crippen molar-refractivity contribution >= 4 is 34.3 Å². The molecule has 30 heavy (non-hydrogen) atoms. The summed E-state index contributed by atoms with van der Waals surface area (Å²) < 4.78 is 11.5. The lowest BCUT2D eigenvalue weighted by atomic mass is 10.1. The predicted octanol–water partition coefficient (Wildman–Crippen LogP) is 6.50. The van der Waals surface area contributed by atoms with Crippen molar-refractivity contribution in [2.45, 2.75) is 26.9 Å². The molecule has 0 fully saturated rings. The van der Waals surface area contributed by atoms with Gasteiger partial charge in [0.1, 0.15) is 11.3 Å². The molecule has 0 aliphatic heterocycles. The van der Waals surface area contributed by atoms with Crippen LogP contribution in [0.2, 0.25) is 5.02 Å². The van der Waals surface area contributed by atoms with E-state index in [4.69, 9.17) is 20.8 Å². The number of carbonyl (C=O) groups is 1. The summed E-state index contributed by atoms with van der Waals surface area (Å²) in [6.45, 7) is 5.88. The number of nitrogens with zero attached hydrogens (tertiary/aromatic N) is 1. The molecular formula is C24H21ClN2O3. The van der Waals surface area contributed by atoms with E-state index < -0.39 is 0 Å². The number of benzene rings is 3. The van der Waals surface area contributed by atoms with Gasteiger partial charge in [0, 0.05) is 11.1 Å². The van der Waals surface area contributed by atoms with Gasteiger partial charge in [0.15, 0.2) is 5.58 Å². The van der Waals surface area contributed by atoms with Gasteiger partial charge in [-0.25, -0.2) is 4.98 Å². The average Bonchev–Trinajstić information content (AvgIpc) is 3.12. The lowest BCUT2D eigenvalue weighted by Gasteiger charge is -2.12. The Morgan fingerprint density at radius 2 is 1.93 bits per heavy atom. The zero-order valence-corrected chi connectivity index (χ0v) is 17.7. The molecule has 0 spiro atoms. The number of ether oxygens (including phenoxy) is 1. The molecule has 0 saturated carbocycles. The van der Waals surface area contributed by atoms with Gasteiger partial charge < -0.3 is 14.5 Å². The Balaban J connectivity index is 1.61. The molecule has 1 heterocycles. The molecule has 1 amide bonds. The summed E-state index contributed by atoms with van der Waals surface area (Å²) in [5, 5.41) is 3.29. The summed E-state index contributed by atoms with van der Waals surface area (Å²) in [4.78, 5) is 17.3. The molecule has 4 rings (SSSR count). The molecule has 0 aliphatic rings. The van der Waals surface area contributed by atoms with E-state index in [1.807, 2.05) is 51.1 Å². The standard InChI is InChI=1S/C24H21ClN2O3/c1-14(2)29-18-6-4-5-16(12-18)23(28)26-20-13-17(8-9-19(20)25)24-27-21-11-15(3)7-10-22(21)30-24/h4-14H,1-3H3,(H,26,28). The maximum absolute atomic E-state index is 12.8. The van der Waals surface area contributed by atoms with Crippen LogP contribution in [0.1, 0.15) is 29.8 Å². The van der Waals surface area contributed by atoms with Crippen molar-refractivity contribution in [1.29, 1.82) is 0 Å². The van der Waals surface area contributed by atoms with Gasteiger partial charge in [0.2, 0.25) is 5.89 Å². The number of nitrogens with one attached hydrogen (secondary N) is 1. The molecule has 1 aromatic heterocycles. The van der Waals surface area contributed by atoms with Gasteiger partial charge in [-0.3, -0.25) is 4.79 Å². The van der Waals surface area contributed by atoms with Crippen molar-refractivity contribution < 1.29 is 13.9 Å². The van der Waals surface area contributed by atoms with Crippen LogP contribution < -0.4 is 10.1 Å². The maximum atomic E-state index is 12.8. The van der Waals surface area contributed by atoms with Gasteiger partial charge in [-0.2, -0.15) is 0 Å². The third-order valence-corrected chi connectivity index (χ3v) is 4.80. The van der Waals surface area contributed by atoms with Crippen LogP contribution in [0.4, 0.5) is 5.69 Å². The van der Waals surface area contributed by atoms with Crippen molar-refractivity contribution in [3.05, 3.63) is 76.8 Å². The van der Waals surface area contributed by atoms with E-state index in [1.54, 1.807) is 30.3 Å². The Morgan fingerprint density at radius 3 is 2.73 bits per heavy atom. The zero-order valence-electron chi connectivity index (χ0n) is 16.9. The maximum Gasteiger partial charge on any atom is 0.255 e. The van der Waals surface area contributed by atoms with Crippen molar-refractivity contribution in [3.8, 4) is 17.2 Å². The molecule has 3 aromatic carbocycles. The fourth-order valence-electron chi connectivity index (χ4n) is 3.09. The number of aromatic nitrogens is 1. The summed E-state index contributed by atoms with van der Waals surface area (Å²) >= 11 is 6.32. The van der Waals surface area contributed by atoms with E-state index in [0.29, 0.717) is 33.5 Å². The Kier molecular flexibility index (Phi) is 5.46. The first kappa shape index (κ1) is 20.0. The fourth-order valence-corrected chi connectivity index (χ4v) is 3.26. The van der Waals surface area contributed by atoms with Crippen LogP contribution in [-0.4, -0.2) is 17.0 Å². The number of carbonyl (C=O) groups excluding carboxylic acids is 1. The van der Waals surface area contributed by atoms with Crippen LogP contribution in [-0.2, 0) is 0 Å². The minimum atomic E-state index is -0.281. The molecule has 152 valence electrons. The minimum absolute atomic E-state index is 0.0227. The summed E-state index contributed by atoms with van der Waals surface area (Å²) in [5.74, 6) is 0.825. The van der Waals surface area contributed by atoms with E-state index in [9.17, 15) is 4.79 Å². The third-order valence-electron chi connectivity index (χ3n) is 4.47. The van der Waals surface area contributed by atoms with Gasteiger partial charge in [-0.1, -0.05) is 23.7 Å². The Hall–Kier alpha value is -3.31. The first-order valence-electron chi connectivity index (χ1n) is 9.64. The summed E-state index contributed by atoms with van der Waals surface area (Å²) in [6, 6.07) is 18.1. The topological polar surface area (TPSA) is 64.4 Å². The van der Waals surface area contributed by atoms with Crippen LogP contribution in [0.5, 0.6) is 5.75 Å². The SMILES string of the molecule is Cc1ccc2oc(-c3ccc(Cl)c(NC(=O)c4cccc(OC(C)C)c4)c3)nc2c1. The summed E-state index contributed by atoms with van der Waals surface area (Å²) in [5.41, 5.74) is 4.28. The van der Waals surface area contributed by atoms with E-state index in [1.165, 1.54) is 0 Å². The normalized spacial score (nSPS) is 11.1. The fraction of sp³-hybridized carbons (Fsp3) is 0.167. The minimum Gasteiger partial charge on any atom is -0.491 e. The number of halogens is 1. The van der Waals surface area contributed by atoms with Crippen LogP contribution in [0.3, 0.4) is 0 Å². The highest BCUT2D eigenvalue weighted by molar-refractivity contribution is 6.34. The highest BCUT2D eigenvalue weighted by atomic mass is 35.5. The second kappa shape index (κ2) is 8.20. The summed E-state index contributed by atoms with van der Waals surface area (Å²) in [6.07, 6.45) is 0.0227. The van der Waals surface area contributed by atoms with Gasteiger partial charge in [0.05, 0.1) is 16.8 Å². The van der Waals surface area contributed by atoms with Crippen LogP contribution in [0.25, 0.3) is 22.6 Å². The monoisotopic (exact) mass is 420 g/mol. The lowest BCUT2D eigenvalue weighted by molar-refractivity contribution is 0.102. The molecule has 0 unspecified atom stereocenters. The molecule has 0 radical (unpaired) electrons. The largest absolute Gasteiger partial charge is 0.491 e. The number of aryl methyl sites for hydroxylation is 1. The molecule has 4 aromatic rings. The molecular weight excluding hydrogens is 400 g/mol. The molecule has 6 heteroatoms. The van der Waals surface area contributed by atoms with Gasteiger partial charge in [-0.05, 0) is 74.9 Å². The summed E-state index contributed by atoms with van der Waals surface area (Å²) in [7, 11) is 0. The van der Waals surface area contributed by atoms with Crippen molar-refractivity contribution in [2.24, 2.45) is 0 Å². The van der Waals surface area contributed by atoms with E-state index in [2.05, 4.69) is 10.3 Å². The Bertz CT molecular complexity index is 1230. The quantitative estimate of drug-likeness (QED) is 0.400. The van der Waals surface area contributed by atoms with Crippen molar-refractivity contribution in [3.63, 3.8) is 0 Å².